The first kappa shape index (κ1) is 14.4. The molecule has 19 heavy (non-hydrogen) atoms. The first-order valence-corrected chi connectivity index (χ1v) is 7.63. The van der Waals surface area contributed by atoms with Crippen LogP contribution >= 0.6 is 0 Å². The van der Waals surface area contributed by atoms with Gasteiger partial charge >= 0.3 is 0 Å². The van der Waals surface area contributed by atoms with Crippen LogP contribution in [0.5, 0.6) is 5.75 Å². The molecule has 0 bridgehead atoms. The van der Waals surface area contributed by atoms with Crippen molar-refractivity contribution in [3.05, 3.63) is 29.8 Å². The van der Waals surface area contributed by atoms with Crippen molar-refractivity contribution in [1.82, 2.24) is 5.32 Å². The minimum absolute atomic E-state index is 0.476. The summed E-state index contributed by atoms with van der Waals surface area (Å²) < 4.78 is 5.22. The van der Waals surface area contributed by atoms with Gasteiger partial charge in [-0.25, -0.2) is 0 Å². The van der Waals surface area contributed by atoms with E-state index in [0.29, 0.717) is 12.1 Å². The van der Waals surface area contributed by atoms with Gasteiger partial charge in [0.2, 0.25) is 0 Å². The van der Waals surface area contributed by atoms with Crippen LogP contribution in [0.3, 0.4) is 0 Å². The summed E-state index contributed by atoms with van der Waals surface area (Å²) in [5, 5.41) is 3.84. The zero-order chi connectivity index (χ0) is 13.7. The molecule has 1 fully saturated rings. The zero-order valence-electron chi connectivity index (χ0n) is 12.5. The van der Waals surface area contributed by atoms with Crippen molar-refractivity contribution < 1.29 is 4.74 Å². The van der Waals surface area contributed by atoms with E-state index < -0.39 is 0 Å². The van der Waals surface area contributed by atoms with Gasteiger partial charge in [-0.2, -0.15) is 0 Å². The third-order valence-electron chi connectivity index (χ3n) is 4.38. The number of methoxy groups -OCH3 is 1. The van der Waals surface area contributed by atoms with E-state index in [1.165, 1.54) is 31.2 Å². The zero-order valence-corrected chi connectivity index (χ0v) is 12.5. The summed E-state index contributed by atoms with van der Waals surface area (Å²) in [6.07, 6.45) is 6.54. The van der Waals surface area contributed by atoms with E-state index in [-0.39, 0.29) is 0 Å². The Bertz CT molecular complexity index is 365. The summed E-state index contributed by atoms with van der Waals surface area (Å²) in [6.45, 7) is 4.63. The maximum Gasteiger partial charge on any atom is 0.118 e. The molecule has 2 nitrogen and oxygen atoms in total. The SMILES string of the molecule is CCC(NC1CCC(C)CC1)c1ccc(OC)cc1. The molecular weight excluding hydrogens is 234 g/mol. The van der Waals surface area contributed by atoms with Crippen LogP contribution in [-0.2, 0) is 0 Å². The molecule has 1 aromatic carbocycles. The number of benzene rings is 1. The van der Waals surface area contributed by atoms with Crippen LogP contribution in [0.2, 0.25) is 0 Å². The van der Waals surface area contributed by atoms with Crippen LogP contribution < -0.4 is 10.1 Å². The summed E-state index contributed by atoms with van der Waals surface area (Å²) in [4.78, 5) is 0. The number of hydrogen-bond donors (Lipinski definition) is 1. The minimum Gasteiger partial charge on any atom is -0.497 e. The van der Waals surface area contributed by atoms with E-state index in [1.807, 2.05) is 0 Å². The normalized spacial score (nSPS) is 25.0. The van der Waals surface area contributed by atoms with Gasteiger partial charge in [0.15, 0.2) is 0 Å². The number of ether oxygens (including phenoxy) is 1. The average Bonchev–Trinajstić information content (AvgIpc) is 2.47. The number of hydrogen-bond acceptors (Lipinski definition) is 2. The fourth-order valence-electron chi connectivity index (χ4n) is 3.00. The van der Waals surface area contributed by atoms with Gasteiger partial charge in [-0.05, 0) is 55.7 Å². The van der Waals surface area contributed by atoms with E-state index in [2.05, 4.69) is 43.4 Å². The van der Waals surface area contributed by atoms with Crippen molar-refractivity contribution in [2.24, 2.45) is 5.92 Å². The Balaban J connectivity index is 1.95. The minimum atomic E-state index is 0.476. The Morgan fingerprint density at radius 1 is 1.16 bits per heavy atom. The van der Waals surface area contributed by atoms with E-state index in [1.54, 1.807) is 7.11 Å². The molecule has 1 N–H and O–H groups in total. The molecule has 0 aliphatic heterocycles. The van der Waals surface area contributed by atoms with Crippen molar-refractivity contribution in [3.8, 4) is 5.75 Å². The fraction of sp³-hybridized carbons (Fsp3) is 0.647. The Labute approximate surface area is 117 Å². The van der Waals surface area contributed by atoms with Gasteiger partial charge in [0.1, 0.15) is 5.75 Å². The van der Waals surface area contributed by atoms with Gasteiger partial charge in [-0.15, -0.1) is 0 Å². The fourth-order valence-corrected chi connectivity index (χ4v) is 3.00. The lowest BCUT2D eigenvalue weighted by Crippen LogP contribution is -2.35. The molecule has 1 atom stereocenters. The second-order valence-electron chi connectivity index (χ2n) is 5.86. The Morgan fingerprint density at radius 2 is 1.79 bits per heavy atom. The number of rotatable bonds is 5. The number of nitrogens with one attached hydrogen (secondary N) is 1. The van der Waals surface area contributed by atoms with Crippen LogP contribution in [0.15, 0.2) is 24.3 Å². The van der Waals surface area contributed by atoms with Gasteiger partial charge in [-0.1, -0.05) is 26.0 Å². The molecule has 0 spiro atoms. The molecule has 1 aliphatic carbocycles. The molecule has 0 radical (unpaired) electrons. The van der Waals surface area contributed by atoms with Crippen LogP contribution in [0.25, 0.3) is 0 Å². The van der Waals surface area contributed by atoms with Gasteiger partial charge in [0.05, 0.1) is 7.11 Å². The highest BCUT2D eigenvalue weighted by molar-refractivity contribution is 5.29. The van der Waals surface area contributed by atoms with Gasteiger partial charge in [0, 0.05) is 12.1 Å². The van der Waals surface area contributed by atoms with Crippen molar-refractivity contribution in [2.75, 3.05) is 7.11 Å². The maximum atomic E-state index is 5.22. The summed E-state index contributed by atoms with van der Waals surface area (Å²) in [5.74, 6) is 1.85. The molecule has 1 saturated carbocycles. The van der Waals surface area contributed by atoms with Crippen LogP contribution in [0.4, 0.5) is 0 Å². The van der Waals surface area contributed by atoms with Crippen molar-refractivity contribution in [1.29, 1.82) is 0 Å². The molecule has 0 saturated heterocycles. The molecule has 0 aromatic heterocycles. The first-order valence-electron chi connectivity index (χ1n) is 7.63. The third kappa shape index (κ3) is 3.97. The standard InChI is InChI=1S/C17H27NO/c1-4-17(14-7-11-16(19-3)12-8-14)18-15-9-5-13(2)6-10-15/h7-8,11-13,15,17-18H,4-6,9-10H2,1-3H3. The van der Waals surface area contributed by atoms with E-state index in [0.717, 1.165) is 18.1 Å². The predicted octanol–water partition coefficient (Wildman–Crippen LogP) is 4.31. The molecule has 2 heteroatoms. The topological polar surface area (TPSA) is 21.3 Å². The second-order valence-corrected chi connectivity index (χ2v) is 5.86. The quantitative estimate of drug-likeness (QED) is 0.852. The molecule has 1 aliphatic rings. The van der Waals surface area contributed by atoms with Crippen LogP contribution in [0.1, 0.15) is 57.6 Å². The highest BCUT2D eigenvalue weighted by atomic mass is 16.5. The molecule has 0 heterocycles. The van der Waals surface area contributed by atoms with E-state index in [9.17, 15) is 0 Å². The van der Waals surface area contributed by atoms with Crippen molar-refractivity contribution in [2.45, 2.75) is 58.0 Å². The summed E-state index contributed by atoms with van der Waals surface area (Å²) in [7, 11) is 1.72. The molecule has 0 amide bonds. The molecule has 1 aromatic rings. The Morgan fingerprint density at radius 3 is 2.32 bits per heavy atom. The lowest BCUT2D eigenvalue weighted by molar-refractivity contribution is 0.284. The van der Waals surface area contributed by atoms with Crippen molar-refractivity contribution >= 4 is 0 Å². The monoisotopic (exact) mass is 261 g/mol. The van der Waals surface area contributed by atoms with Crippen molar-refractivity contribution in [3.63, 3.8) is 0 Å². The van der Waals surface area contributed by atoms with E-state index >= 15 is 0 Å². The highest BCUT2D eigenvalue weighted by Gasteiger charge is 2.21. The third-order valence-corrected chi connectivity index (χ3v) is 4.38. The lowest BCUT2D eigenvalue weighted by Gasteiger charge is -2.31. The lowest BCUT2D eigenvalue weighted by atomic mass is 9.86. The summed E-state index contributed by atoms with van der Waals surface area (Å²) >= 11 is 0. The van der Waals surface area contributed by atoms with Gasteiger partial charge < -0.3 is 10.1 Å². The smallest absolute Gasteiger partial charge is 0.118 e. The second kappa shape index (κ2) is 6.95. The van der Waals surface area contributed by atoms with Crippen LogP contribution in [0, 0.1) is 5.92 Å². The summed E-state index contributed by atoms with van der Waals surface area (Å²) in [5.41, 5.74) is 1.38. The average molecular weight is 261 g/mol. The predicted molar refractivity (Wildman–Crippen MR) is 80.6 cm³/mol. The van der Waals surface area contributed by atoms with Gasteiger partial charge in [-0.3, -0.25) is 0 Å². The highest BCUT2D eigenvalue weighted by Crippen LogP contribution is 2.27. The van der Waals surface area contributed by atoms with E-state index in [4.69, 9.17) is 4.74 Å². The Hall–Kier alpha value is -1.02. The Kier molecular flexibility index (Phi) is 5.26. The van der Waals surface area contributed by atoms with Crippen LogP contribution in [-0.4, -0.2) is 13.2 Å². The summed E-state index contributed by atoms with van der Waals surface area (Å²) in [6, 6.07) is 9.66. The molecule has 1 unspecified atom stereocenters. The molecular formula is C17H27NO. The first-order chi connectivity index (χ1) is 9.22. The largest absolute Gasteiger partial charge is 0.497 e. The molecule has 106 valence electrons. The maximum absolute atomic E-state index is 5.22. The van der Waals surface area contributed by atoms with Gasteiger partial charge in [0.25, 0.3) is 0 Å². The molecule has 2 rings (SSSR count).